The van der Waals surface area contributed by atoms with Gasteiger partial charge in [-0.3, -0.25) is 0 Å². The smallest absolute Gasteiger partial charge is 0.154 e. The van der Waals surface area contributed by atoms with Gasteiger partial charge in [0, 0.05) is 23.2 Å². The van der Waals surface area contributed by atoms with Crippen LogP contribution in [0.4, 0.5) is 8.78 Å². The largest absolute Gasteiger partial charge is 0.359 e. The number of rotatable bonds is 1. The maximum absolute atomic E-state index is 14.1. The van der Waals surface area contributed by atoms with Crippen LogP contribution in [0, 0.1) is 11.6 Å². The molecule has 3 rings (SSSR count). The second kappa shape index (κ2) is 3.56. The van der Waals surface area contributed by atoms with E-state index in [1.54, 1.807) is 12.3 Å². The van der Waals surface area contributed by atoms with Crippen LogP contribution in [0.25, 0.3) is 10.9 Å². The van der Waals surface area contributed by atoms with Crippen molar-refractivity contribution in [2.75, 3.05) is 6.54 Å². The van der Waals surface area contributed by atoms with E-state index in [2.05, 4.69) is 10.3 Å². The standard InChI is InChI=1S/C12H12F2N2/c13-8-6-7-3-5-16-12(7)11(14)10(8)9-2-1-4-15-9/h3,5-6,9,15-16H,1-2,4H2. The first-order valence-corrected chi connectivity index (χ1v) is 5.46. The molecule has 1 saturated heterocycles. The van der Waals surface area contributed by atoms with Gasteiger partial charge in [0.2, 0.25) is 0 Å². The molecule has 1 atom stereocenters. The van der Waals surface area contributed by atoms with Crippen LogP contribution in [-0.2, 0) is 0 Å². The first-order valence-electron chi connectivity index (χ1n) is 5.46. The molecule has 2 nitrogen and oxygen atoms in total. The Bertz CT molecular complexity index is 527. The van der Waals surface area contributed by atoms with Crippen molar-refractivity contribution in [2.24, 2.45) is 0 Å². The highest BCUT2D eigenvalue weighted by molar-refractivity contribution is 5.81. The molecule has 1 aliphatic rings. The monoisotopic (exact) mass is 222 g/mol. The third-order valence-corrected chi connectivity index (χ3v) is 3.18. The highest BCUT2D eigenvalue weighted by Gasteiger charge is 2.25. The highest BCUT2D eigenvalue weighted by atomic mass is 19.1. The van der Waals surface area contributed by atoms with Crippen LogP contribution in [0.3, 0.4) is 0 Å². The number of nitrogens with one attached hydrogen (secondary N) is 2. The lowest BCUT2D eigenvalue weighted by molar-refractivity contribution is 0.513. The Labute approximate surface area is 91.7 Å². The van der Waals surface area contributed by atoms with Crippen LogP contribution in [0.15, 0.2) is 18.3 Å². The maximum Gasteiger partial charge on any atom is 0.154 e. The van der Waals surface area contributed by atoms with Gasteiger partial charge in [-0.25, -0.2) is 8.78 Å². The van der Waals surface area contributed by atoms with Crippen molar-refractivity contribution in [3.63, 3.8) is 0 Å². The molecule has 0 aliphatic carbocycles. The topological polar surface area (TPSA) is 27.8 Å². The third-order valence-electron chi connectivity index (χ3n) is 3.18. The zero-order chi connectivity index (χ0) is 11.1. The van der Waals surface area contributed by atoms with Gasteiger partial charge in [0.05, 0.1) is 5.52 Å². The summed E-state index contributed by atoms with van der Waals surface area (Å²) < 4.78 is 27.9. The number of hydrogen-bond acceptors (Lipinski definition) is 1. The van der Waals surface area contributed by atoms with Crippen LogP contribution < -0.4 is 5.32 Å². The fraction of sp³-hybridized carbons (Fsp3) is 0.333. The second-order valence-corrected chi connectivity index (χ2v) is 4.18. The van der Waals surface area contributed by atoms with Gasteiger partial charge < -0.3 is 10.3 Å². The number of benzene rings is 1. The van der Waals surface area contributed by atoms with Gasteiger partial charge in [-0.2, -0.15) is 0 Å². The number of H-pyrrole nitrogens is 1. The molecule has 1 aromatic carbocycles. The van der Waals surface area contributed by atoms with Gasteiger partial charge in [-0.1, -0.05) is 0 Å². The fourth-order valence-electron chi connectivity index (χ4n) is 2.40. The summed E-state index contributed by atoms with van der Waals surface area (Å²) in [6.45, 7) is 0.826. The average molecular weight is 222 g/mol. The Morgan fingerprint density at radius 2 is 2.19 bits per heavy atom. The van der Waals surface area contributed by atoms with E-state index in [1.807, 2.05) is 0 Å². The van der Waals surface area contributed by atoms with Crippen LogP contribution in [-0.4, -0.2) is 11.5 Å². The Morgan fingerprint density at radius 3 is 2.94 bits per heavy atom. The lowest BCUT2D eigenvalue weighted by Crippen LogP contribution is -2.16. The molecular formula is C12H12F2N2. The normalized spacial score (nSPS) is 20.8. The van der Waals surface area contributed by atoms with Crippen molar-refractivity contribution in [3.8, 4) is 0 Å². The SMILES string of the molecule is Fc1cc2cc[nH]c2c(F)c1C1CCCN1. The van der Waals surface area contributed by atoms with Gasteiger partial charge in [0.25, 0.3) is 0 Å². The van der Waals surface area contributed by atoms with E-state index in [0.717, 1.165) is 19.4 Å². The number of fused-ring (bicyclic) bond motifs is 1. The lowest BCUT2D eigenvalue weighted by atomic mass is 10.0. The molecule has 4 heteroatoms. The molecule has 0 amide bonds. The first-order chi connectivity index (χ1) is 7.77. The molecule has 1 fully saturated rings. The molecule has 84 valence electrons. The summed E-state index contributed by atoms with van der Waals surface area (Å²) >= 11 is 0. The number of aromatic nitrogens is 1. The summed E-state index contributed by atoms with van der Waals surface area (Å²) in [5, 5.41) is 3.70. The number of hydrogen-bond donors (Lipinski definition) is 2. The van der Waals surface area contributed by atoms with Gasteiger partial charge >= 0.3 is 0 Å². The van der Waals surface area contributed by atoms with Crippen molar-refractivity contribution in [1.82, 2.24) is 10.3 Å². The Kier molecular flexibility index (Phi) is 2.17. The molecule has 1 aliphatic heterocycles. The van der Waals surface area contributed by atoms with E-state index in [9.17, 15) is 8.78 Å². The minimum atomic E-state index is -0.459. The zero-order valence-electron chi connectivity index (χ0n) is 8.69. The van der Waals surface area contributed by atoms with Crippen LogP contribution in [0.5, 0.6) is 0 Å². The van der Waals surface area contributed by atoms with E-state index in [-0.39, 0.29) is 11.6 Å². The predicted octanol–water partition coefficient (Wildman–Crippen LogP) is 2.87. The summed E-state index contributed by atoms with van der Waals surface area (Å²) in [6.07, 6.45) is 3.38. The highest BCUT2D eigenvalue weighted by Crippen LogP contribution is 2.31. The number of halogens is 2. The average Bonchev–Trinajstić information content (AvgIpc) is 2.87. The van der Waals surface area contributed by atoms with E-state index in [1.165, 1.54) is 6.07 Å². The lowest BCUT2D eigenvalue weighted by Gasteiger charge is -2.13. The first kappa shape index (κ1) is 9.78. The number of aromatic amines is 1. The molecule has 0 spiro atoms. The molecule has 0 saturated carbocycles. The summed E-state index contributed by atoms with van der Waals surface area (Å²) in [6, 6.07) is 2.88. The van der Waals surface area contributed by atoms with Crippen molar-refractivity contribution < 1.29 is 8.78 Å². The zero-order valence-corrected chi connectivity index (χ0v) is 8.69. The summed E-state index contributed by atoms with van der Waals surface area (Å²) in [5.41, 5.74) is 0.567. The molecule has 1 unspecified atom stereocenters. The minimum Gasteiger partial charge on any atom is -0.359 e. The van der Waals surface area contributed by atoms with E-state index < -0.39 is 11.6 Å². The van der Waals surface area contributed by atoms with Gasteiger partial charge in [-0.05, 0) is 31.5 Å². The fourth-order valence-corrected chi connectivity index (χ4v) is 2.40. The summed E-state index contributed by atoms with van der Waals surface area (Å²) in [4.78, 5) is 2.81. The Morgan fingerprint density at radius 1 is 1.31 bits per heavy atom. The van der Waals surface area contributed by atoms with E-state index in [0.29, 0.717) is 10.9 Å². The van der Waals surface area contributed by atoms with Crippen molar-refractivity contribution in [2.45, 2.75) is 18.9 Å². The van der Waals surface area contributed by atoms with Crippen LogP contribution >= 0.6 is 0 Å². The molecule has 1 aromatic heterocycles. The maximum atomic E-state index is 14.1. The van der Waals surface area contributed by atoms with Crippen LogP contribution in [0.1, 0.15) is 24.4 Å². The second-order valence-electron chi connectivity index (χ2n) is 4.18. The Hall–Kier alpha value is -1.42. The van der Waals surface area contributed by atoms with Gasteiger partial charge in [-0.15, -0.1) is 0 Å². The summed E-state index contributed by atoms with van der Waals surface area (Å²) in [7, 11) is 0. The van der Waals surface area contributed by atoms with Crippen LogP contribution in [0.2, 0.25) is 0 Å². The minimum absolute atomic E-state index is 0.174. The van der Waals surface area contributed by atoms with E-state index in [4.69, 9.17) is 0 Å². The molecule has 16 heavy (non-hydrogen) atoms. The molecule has 2 N–H and O–H groups in total. The molecule has 2 heterocycles. The summed E-state index contributed by atoms with van der Waals surface area (Å²) in [5.74, 6) is -0.914. The van der Waals surface area contributed by atoms with Crippen molar-refractivity contribution in [3.05, 3.63) is 35.5 Å². The molecule has 0 radical (unpaired) electrons. The van der Waals surface area contributed by atoms with E-state index >= 15 is 0 Å². The molecule has 2 aromatic rings. The van der Waals surface area contributed by atoms with Crippen molar-refractivity contribution >= 4 is 10.9 Å². The molecule has 0 bridgehead atoms. The quantitative estimate of drug-likeness (QED) is 0.762. The van der Waals surface area contributed by atoms with Crippen molar-refractivity contribution in [1.29, 1.82) is 0 Å². The molecular weight excluding hydrogens is 210 g/mol. The predicted molar refractivity (Wildman–Crippen MR) is 58.2 cm³/mol. The Balaban J connectivity index is 2.21. The van der Waals surface area contributed by atoms with Gasteiger partial charge in [0.15, 0.2) is 5.82 Å². The van der Waals surface area contributed by atoms with Gasteiger partial charge in [0.1, 0.15) is 5.82 Å². The third kappa shape index (κ3) is 1.33.